The highest BCUT2D eigenvalue weighted by Crippen LogP contribution is 2.14. The van der Waals surface area contributed by atoms with E-state index in [0.29, 0.717) is 5.92 Å². The van der Waals surface area contributed by atoms with Crippen molar-refractivity contribution in [3.63, 3.8) is 0 Å². The molecule has 2 aliphatic rings. The van der Waals surface area contributed by atoms with Crippen LogP contribution in [0.4, 0.5) is 0 Å². The van der Waals surface area contributed by atoms with Gasteiger partial charge in [0.1, 0.15) is 5.76 Å². The number of aliphatic imine (C=N–C) groups is 1. The zero-order valence-corrected chi connectivity index (χ0v) is 18.1. The maximum absolute atomic E-state index is 5.52. The van der Waals surface area contributed by atoms with Gasteiger partial charge in [0, 0.05) is 64.8 Å². The van der Waals surface area contributed by atoms with Gasteiger partial charge in [0.05, 0.1) is 12.9 Å². The summed E-state index contributed by atoms with van der Waals surface area (Å²) in [5.74, 6) is 2.59. The molecule has 1 aromatic heterocycles. The molecule has 0 amide bonds. The largest absolute Gasteiger partial charge is 0.469 e. The number of ether oxygens (including phenoxy) is 1. The molecule has 1 atom stereocenters. The Bertz CT molecular complexity index is 791. The van der Waals surface area contributed by atoms with Crippen LogP contribution in [-0.4, -0.2) is 68.2 Å². The van der Waals surface area contributed by atoms with E-state index in [4.69, 9.17) is 14.1 Å². The van der Waals surface area contributed by atoms with E-state index in [1.807, 2.05) is 12.1 Å². The minimum Gasteiger partial charge on any atom is -0.469 e. The van der Waals surface area contributed by atoms with E-state index in [2.05, 4.69) is 46.3 Å². The average Bonchev–Trinajstić information content (AvgIpc) is 3.46. The van der Waals surface area contributed by atoms with E-state index in [1.165, 1.54) is 11.1 Å². The van der Waals surface area contributed by atoms with Crippen molar-refractivity contribution >= 4 is 5.96 Å². The van der Waals surface area contributed by atoms with Crippen molar-refractivity contribution < 1.29 is 9.15 Å². The Morgan fingerprint density at radius 3 is 2.80 bits per heavy atom. The second-order valence-electron chi connectivity index (χ2n) is 8.40. The second kappa shape index (κ2) is 10.6. The fraction of sp³-hybridized carbons (Fsp3) is 0.542. The molecule has 2 fully saturated rings. The van der Waals surface area contributed by atoms with Crippen molar-refractivity contribution in [1.82, 2.24) is 15.1 Å². The Morgan fingerprint density at radius 1 is 1.17 bits per heavy atom. The maximum atomic E-state index is 5.52. The Morgan fingerprint density at radius 2 is 2.07 bits per heavy atom. The van der Waals surface area contributed by atoms with Gasteiger partial charge >= 0.3 is 0 Å². The van der Waals surface area contributed by atoms with Crippen molar-refractivity contribution in [1.29, 1.82) is 0 Å². The highest BCUT2D eigenvalue weighted by molar-refractivity contribution is 5.80. The molecular formula is C24H34N4O2. The topological polar surface area (TPSA) is 53.2 Å². The van der Waals surface area contributed by atoms with Crippen LogP contribution in [0.3, 0.4) is 0 Å². The molecule has 2 aromatic rings. The molecule has 3 heterocycles. The first-order valence-corrected chi connectivity index (χ1v) is 11.2. The third kappa shape index (κ3) is 6.09. The fourth-order valence-corrected chi connectivity index (χ4v) is 4.15. The van der Waals surface area contributed by atoms with Gasteiger partial charge in [-0.2, -0.15) is 0 Å². The van der Waals surface area contributed by atoms with Crippen LogP contribution in [0, 0.1) is 12.8 Å². The molecule has 0 aliphatic carbocycles. The Balaban J connectivity index is 1.31. The third-order valence-electron chi connectivity index (χ3n) is 5.92. The summed E-state index contributed by atoms with van der Waals surface area (Å²) < 4.78 is 11.0. The lowest BCUT2D eigenvalue weighted by Crippen LogP contribution is -2.52. The summed E-state index contributed by atoms with van der Waals surface area (Å²) in [6, 6.07) is 12.8. The molecule has 4 rings (SSSR count). The summed E-state index contributed by atoms with van der Waals surface area (Å²) in [5, 5.41) is 3.58. The summed E-state index contributed by atoms with van der Waals surface area (Å²) in [6.45, 7) is 10.7. The average molecular weight is 411 g/mol. The van der Waals surface area contributed by atoms with Crippen molar-refractivity contribution in [3.05, 3.63) is 59.5 Å². The zero-order chi connectivity index (χ0) is 20.6. The van der Waals surface area contributed by atoms with Crippen molar-refractivity contribution in [3.8, 4) is 0 Å². The molecule has 162 valence electrons. The molecule has 6 nitrogen and oxygen atoms in total. The molecule has 1 unspecified atom stereocenters. The third-order valence-corrected chi connectivity index (χ3v) is 5.92. The first kappa shape index (κ1) is 20.9. The van der Waals surface area contributed by atoms with Crippen LogP contribution >= 0.6 is 0 Å². The van der Waals surface area contributed by atoms with Crippen molar-refractivity contribution in [2.45, 2.75) is 26.3 Å². The number of aryl methyl sites for hydroxylation is 1. The van der Waals surface area contributed by atoms with E-state index in [1.54, 1.807) is 6.26 Å². The van der Waals surface area contributed by atoms with Crippen LogP contribution < -0.4 is 5.32 Å². The maximum Gasteiger partial charge on any atom is 0.194 e. The monoisotopic (exact) mass is 410 g/mol. The number of hydrogen-bond donors (Lipinski definition) is 1. The second-order valence-corrected chi connectivity index (χ2v) is 8.40. The minimum absolute atomic E-state index is 0.550. The number of hydrogen-bond acceptors (Lipinski definition) is 4. The predicted molar refractivity (Wildman–Crippen MR) is 120 cm³/mol. The first-order valence-electron chi connectivity index (χ1n) is 11.2. The molecule has 6 heteroatoms. The molecule has 0 bridgehead atoms. The van der Waals surface area contributed by atoms with Gasteiger partial charge in [-0.3, -0.25) is 9.89 Å². The van der Waals surface area contributed by atoms with Gasteiger partial charge in [-0.25, -0.2) is 0 Å². The molecule has 1 aromatic carbocycles. The SMILES string of the molecule is Cc1cccc(CN2CCN(C(=NCC3CCOC3)NCCc3ccco3)CC2)c1. The Hall–Kier alpha value is -2.31. The van der Waals surface area contributed by atoms with Crippen molar-refractivity contribution in [2.24, 2.45) is 10.9 Å². The minimum atomic E-state index is 0.550. The number of guanidine groups is 1. The number of benzene rings is 1. The van der Waals surface area contributed by atoms with E-state index < -0.39 is 0 Å². The quantitative estimate of drug-likeness (QED) is 0.562. The standard InChI is InChI=1S/C24H34N4O2/c1-20-4-2-5-21(16-20)18-27-10-12-28(13-11-27)24(26-17-22-8-15-29-19-22)25-9-7-23-6-3-14-30-23/h2-6,14,16,22H,7-13,15,17-19H2,1H3,(H,25,26). The van der Waals surface area contributed by atoms with E-state index >= 15 is 0 Å². The van der Waals surface area contributed by atoms with Crippen LogP contribution in [0.1, 0.15) is 23.3 Å². The molecule has 0 saturated carbocycles. The normalized spacial score (nSPS) is 20.6. The van der Waals surface area contributed by atoms with E-state index in [9.17, 15) is 0 Å². The van der Waals surface area contributed by atoms with Gasteiger partial charge in [-0.15, -0.1) is 0 Å². The lowest BCUT2D eigenvalue weighted by molar-refractivity contribution is 0.172. The molecule has 2 aliphatic heterocycles. The fourth-order valence-electron chi connectivity index (χ4n) is 4.15. The molecular weight excluding hydrogens is 376 g/mol. The lowest BCUT2D eigenvalue weighted by Gasteiger charge is -2.36. The van der Waals surface area contributed by atoms with Crippen LogP contribution in [0.5, 0.6) is 0 Å². The van der Waals surface area contributed by atoms with Crippen LogP contribution in [-0.2, 0) is 17.7 Å². The zero-order valence-electron chi connectivity index (χ0n) is 18.1. The predicted octanol–water partition coefficient (Wildman–Crippen LogP) is 2.93. The highest BCUT2D eigenvalue weighted by Gasteiger charge is 2.21. The summed E-state index contributed by atoms with van der Waals surface area (Å²) in [5.41, 5.74) is 2.73. The number of nitrogens with one attached hydrogen (secondary N) is 1. The van der Waals surface area contributed by atoms with Crippen molar-refractivity contribution in [2.75, 3.05) is 52.5 Å². The summed E-state index contributed by atoms with van der Waals surface area (Å²) >= 11 is 0. The van der Waals surface area contributed by atoms with E-state index in [0.717, 1.165) is 83.6 Å². The van der Waals surface area contributed by atoms with Gasteiger partial charge in [-0.05, 0) is 31.0 Å². The molecule has 0 radical (unpaired) electrons. The number of nitrogens with zero attached hydrogens (tertiary/aromatic N) is 3. The van der Waals surface area contributed by atoms with Gasteiger partial charge < -0.3 is 19.4 Å². The van der Waals surface area contributed by atoms with Gasteiger partial charge in [0.15, 0.2) is 5.96 Å². The first-order chi connectivity index (χ1) is 14.8. The molecule has 30 heavy (non-hydrogen) atoms. The van der Waals surface area contributed by atoms with Crippen LogP contribution in [0.2, 0.25) is 0 Å². The van der Waals surface area contributed by atoms with Gasteiger partial charge in [-0.1, -0.05) is 29.8 Å². The molecule has 0 spiro atoms. The number of rotatable bonds is 7. The Labute approximate surface area is 179 Å². The number of piperazine rings is 1. The summed E-state index contributed by atoms with van der Waals surface area (Å²) in [7, 11) is 0. The lowest BCUT2D eigenvalue weighted by atomic mass is 10.1. The molecule has 2 saturated heterocycles. The molecule has 1 N–H and O–H groups in total. The van der Waals surface area contributed by atoms with Gasteiger partial charge in [0.25, 0.3) is 0 Å². The Kier molecular flexibility index (Phi) is 7.43. The number of furan rings is 1. The summed E-state index contributed by atoms with van der Waals surface area (Å²) in [6.07, 6.45) is 3.72. The summed E-state index contributed by atoms with van der Waals surface area (Å²) in [4.78, 5) is 9.92. The van der Waals surface area contributed by atoms with Gasteiger partial charge in [0.2, 0.25) is 0 Å². The van der Waals surface area contributed by atoms with Crippen LogP contribution in [0.15, 0.2) is 52.1 Å². The van der Waals surface area contributed by atoms with E-state index in [-0.39, 0.29) is 0 Å². The smallest absolute Gasteiger partial charge is 0.194 e. The van der Waals surface area contributed by atoms with Crippen LogP contribution in [0.25, 0.3) is 0 Å². The highest BCUT2D eigenvalue weighted by atomic mass is 16.5.